The summed E-state index contributed by atoms with van der Waals surface area (Å²) in [7, 11) is 0. The molecular formula is C19H16ClF4NO4. The number of ether oxygens (including phenoxy) is 2. The molecule has 1 unspecified atom stereocenters. The molecule has 2 rings (SSSR count). The first kappa shape index (κ1) is 22.5. The highest BCUT2D eigenvalue weighted by Gasteiger charge is 2.35. The lowest BCUT2D eigenvalue weighted by molar-refractivity contribution is -0.152. The molecule has 0 heterocycles. The molecule has 2 aromatic carbocycles. The zero-order valence-electron chi connectivity index (χ0n) is 15.1. The lowest BCUT2D eigenvalue weighted by Gasteiger charge is -2.19. The average molecular weight is 434 g/mol. The molecule has 0 aliphatic heterocycles. The number of hydrogen-bond acceptors (Lipinski definition) is 4. The van der Waals surface area contributed by atoms with E-state index in [2.05, 4.69) is 5.32 Å². The fraction of sp³-hybridized carbons (Fsp3) is 0.263. The van der Waals surface area contributed by atoms with Gasteiger partial charge < -0.3 is 14.8 Å². The average Bonchev–Trinajstić information content (AvgIpc) is 2.64. The number of hydrogen-bond donors (Lipinski definition) is 1. The number of halogens is 5. The van der Waals surface area contributed by atoms with Gasteiger partial charge in [-0.3, -0.25) is 4.79 Å². The second-order valence-corrected chi connectivity index (χ2v) is 6.28. The summed E-state index contributed by atoms with van der Waals surface area (Å²) < 4.78 is 62.7. The van der Waals surface area contributed by atoms with Gasteiger partial charge >= 0.3 is 12.1 Å². The summed E-state index contributed by atoms with van der Waals surface area (Å²) in [6.07, 6.45) is -6.37. The lowest BCUT2D eigenvalue weighted by Crippen LogP contribution is -2.28. The first-order chi connectivity index (χ1) is 13.6. The predicted octanol–water partition coefficient (Wildman–Crippen LogP) is 4.30. The summed E-state index contributed by atoms with van der Waals surface area (Å²) in [4.78, 5) is 23.3. The van der Waals surface area contributed by atoms with E-state index in [4.69, 9.17) is 21.1 Å². The van der Waals surface area contributed by atoms with Crippen molar-refractivity contribution in [3.8, 4) is 5.75 Å². The van der Waals surface area contributed by atoms with Crippen LogP contribution in [0.15, 0.2) is 42.5 Å². The van der Waals surface area contributed by atoms with Gasteiger partial charge in [0, 0.05) is 17.5 Å². The summed E-state index contributed by atoms with van der Waals surface area (Å²) >= 11 is 5.81. The van der Waals surface area contributed by atoms with Crippen molar-refractivity contribution >= 4 is 23.5 Å². The fourth-order valence-electron chi connectivity index (χ4n) is 2.28. The quantitative estimate of drug-likeness (QED) is 0.402. The normalized spacial score (nSPS) is 12.2. The van der Waals surface area contributed by atoms with Crippen molar-refractivity contribution < 1.29 is 36.6 Å². The Bertz CT molecular complexity index is 872. The van der Waals surface area contributed by atoms with Gasteiger partial charge in [-0.25, -0.2) is 9.18 Å². The van der Waals surface area contributed by atoms with E-state index in [0.29, 0.717) is 17.2 Å². The molecule has 10 heteroatoms. The maximum atomic E-state index is 13.5. The lowest BCUT2D eigenvalue weighted by atomic mass is 10.1. The van der Waals surface area contributed by atoms with Crippen molar-refractivity contribution in [1.82, 2.24) is 5.32 Å². The van der Waals surface area contributed by atoms with Crippen molar-refractivity contribution in [3.05, 3.63) is 64.4 Å². The van der Waals surface area contributed by atoms with Gasteiger partial charge in [-0.05, 0) is 30.3 Å². The topological polar surface area (TPSA) is 64.6 Å². The van der Waals surface area contributed by atoms with Gasteiger partial charge in [0.15, 0.2) is 0 Å². The predicted molar refractivity (Wildman–Crippen MR) is 95.9 cm³/mol. The van der Waals surface area contributed by atoms with Gasteiger partial charge in [0.25, 0.3) is 0 Å². The first-order valence-corrected chi connectivity index (χ1v) is 8.65. The molecule has 0 bridgehead atoms. The van der Waals surface area contributed by atoms with E-state index in [9.17, 15) is 27.2 Å². The van der Waals surface area contributed by atoms with Crippen LogP contribution < -0.4 is 10.1 Å². The van der Waals surface area contributed by atoms with Crippen LogP contribution in [0.1, 0.15) is 24.2 Å². The molecule has 0 radical (unpaired) electrons. The maximum absolute atomic E-state index is 13.5. The summed E-state index contributed by atoms with van der Waals surface area (Å²) in [5.74, 6) is -3.07. The smallest absolute Gasteiger partial charge is 0.419 e. The SMILES string of the molecule is CC(=O)NCCOC(=O)C(Oc1ccc(F)c(C(F)(F)F)c1)c1ccc(Cl)cc1. The molecule has 1 N–H and O–H groups in total. The molecule has 1 amide bonds. The molecule has 0 fully saturated rings. The monoisotopic (exact) mass is 433 g/mol. The number of alkyl halides is 3. The molecule has 0 saturated carbocycles. The van der Waals surface area contributed by atoms with Crippen molar-refractivity contribution in [1.29, 1.82) is 0 Å². The minimum absolute atomic E-state index is 0.0448. The minimum atomic E-state index is -4.93. The van der Waals surface area contributed by atoms with Crippen LogP contribution in [0.2, 0.25) is 5.02 Å². The second-order valence-electron chi connectivity index (χ2n) is 5.84. The van der Waals surface area contributed by atoms with Crippen LogP contribution in [-0.2, 0) is 20.5 Å². The van der Waals surface area contributed by atoms with Gasteiger partial charge in [-0.1, -0.05) is 23.7 Å². The van der Waals surface area contributed by atoms with Crippen molar-refractivity contribution in [2.24, 2.45) is 0 Å². The highest BCUT2D eigenvalue weighted by molar-refractivity contribution is 6.30. The number of benzene rings is 2. The Morgan fingerprint density at radius 1 is 1.14 bits per heavy atom. The van der Waals surface area contributed by atoms with Crippen LogP contribution in [0.5, 0.6) is 5.75 Å². The van der Waals surface area contributed by atoms with E-state index in [0.717, 1.165) is 6.07 Å². The molecule has 29 heavy (non-hydrogen) atoms. The van der Waals surface area contributed by atoms with Crippen LogP contribution in [-0.4, -0.2) is 25.0 Å². The molecule has 5 nitrogen and oxygen atoms in total. The van der Waals surface area contributed by atoms with Gasteiger partial charge in [0.2, 0.25) is 12.0 Å². The highest BCUT2D eigenvalue weighted by Crippen LogP contribution is 2.35. The van der Waals surface area contributed by atoms with Gasteiger partial charge in [-0.2, -0.15) is 13.2 Å². The number of carbonyl (C=O) groups excluding carboxylic acids is 2. The summed E-state index contributed by atoms with van der Waals surface area (Å²) in [6, 6.07) is 7.83. The minimum Gasteiger partial charge on any atom is -0.474 e. The second kappa shape index (κ2) is 9.60. The van der Waals surface area contributed by atoms with E-state index in [-0.39, 0.29) is 30.4 Å². The zero-order valence-corrected chi connectivity index (χ0v) is 15.8. The Morgan fingerprint density at radius 3 is 2.38 bits per heavy atom. The molecule has 0 saturated heterocycles. The molecular weight excluding hydrogens is 418 g/mol. The van der Waals surface area contributed by atoms with E-state index < -0.39 is 29.6 Å². The van der Waals surface area contributed by atoms with E-state index >= 15 is 0 Å². The molecule has 1 atom stereocenters. The maximum Gasteiger partial charge on any atom is 0.419 e. The van der Waals surface area contributed by atoms with Crippen LogP contribution in [0, 0.1) is 5.82 Å². The first-order valence-electron chi connectivity index (χ1n) is 8.28. The third kappa shape index (κ3) is 6.63. The zero-order chi connectivity index (χ0) is 21.6. The molecule has 0 aromatic heterocycles. The van der Waals surface area contributed by atoms with Crippen molar-refractivity contribution in [3.63, 3.8) is 0 Å². The van der Waals surface area contributed by atoms with Gasteiger partial charge in [0.1, 0.15) is 18.2 Å². The summed E-state index contributed by atoms with van der Waals surface area (Å²) in [6.45, 7) is 1.15. The van der Waals surface area contributed by atoms with E-state index in [1.165, 1.54) is 31.2 Å². The molecule has 0 aliphatic rings. The Kier molecular flexibility index (Phi) is 7.44. The third-order valence-electron chi connectivity index (χ3n) is 3.60. The fourth-order valence-corrected chi connectivity index (χ4v) is 2.40. The third-order valence-corrected chi connectivity index (χ3v) is 3.86. The molecule has 0 aliphatic carbocycles. The summed E-state index contributed by atoms with van der Waals surface area (Å²) in [5.41, 5.74) is -1.26. The van der Waals surface area contributed by atoms with Crippen LogP contribution in [0.3, 0.4) is 0 Å². The van der Waals surface area contributed by atoms with E-state index in [1.807, 2.05) is 0 Å². The highest BCUT2D eigenvalue weighted by atomic mass is 35.5. The number of nitrogens with one attached hydrogen (secondary N) is 1. The summed E-state index contributed by atoms with van der Waals surface area (Å²) in [5, 5.41) is 2.79. The van der Waals surface area contributed by atoms with E-state index in [1.54, 1.807) is 0 Å². The molecule has 0 spiro atoms. The number of rotatable bonds is 7. The number of amides is 1. The van der Waals surface area contributed by atoms with Crippen LogP contribution in [0.4, 0.5) is 17.6 Å². The van der Waals surface area contributed by atoms with Gasteiger partial charge in [-0.15, -0.1) is 0 Å². The standard InChI is InChI=1S/C19H16ClF4NO4/c1-11(26)25-8-9-28-18(27)17(12-2-4-13(20)5-3-12)29-14-6-7-16(21)15(10-14)19(22,23)24/h2-7,10,17H,8-9H2,1H3,(H,25,26). The molecule has 156 valence electrons. The van der Waals surface area contributed by atoms with Crippen LogP contribution in [0.25, 0.3) is 0 Å². The number of carbonyl (C=O) groups is 2. The Hall–Kier alpha value is -2.81. The molecule has 2 aromatic rings. The van der Waals surface area contributed by atoms with Crippen molar-refractivity contribution in [2.75, 3.05) is 13.2 Å². The Labute approximate surface area is 168 Å². The largest absolute Gasteiger partial charge is 0.474 e. The van der Waals surface area contributed by atoms with Crippen molar-refractivity contribution in [2.45, 2.75) is 19.2 Å². The Balaban J connectivity index is 2.25. The Morgan fingerprint density at radius 2 is 1.79 bits per heavy atom. The van der Waals surface area contributed by atoms with Gasteiger partial charge in [0.05, 0.1) is 12.1 Å². The number of esters is 1. The van der Waals surface area contributed by atoms with Crippen LogP contribution >= 0.6 is 11.6 Å².